The van der Waals surface area contributed by atoms with Crippen molar-refractivity contribution in [1.29, 1.82) is 5.26 Å². The Labute approximate surface area is 106 Å². The first-order valence-electron chi connectivity index (χ1n) is 6.31. The fraction of sp³-hybridized carbons (Fsp3) is 0.467. The lowest BCUT2D eigenvalue weighted by atomic mass is 9.66. The van der Waals surface area contributed by atoms with Crippen molar-refractivity contribution in [2.24, 2.45) is 0 Å². The van der Waals surface area contributed by atoms with Crippen molar-refractivity contribution in [2.75, 3.05) is 0 Å². The van der Waals surface area contributed by atoms with Gasteiger partial charge in [-0.2, -0.15) is 5.26 Å². The van der Waals surface area contributed by atoms with Crippen LogP contribution >= 0.6 is 0 Å². The van der Waals surface area contributed by atoms with E-state index in [1.807, 2.05) is 0 Å². The molecule has 1 aliphatic carbocycles. The van der Waals surface area contributed by atoms with Crippen LogP contribution in [0, 0.1) is 17.1 Å². The van der Waals surface area contributed by atoms with Crippen molar-refractivity contribution < 1.29 is 9.18 Å². The second kappa shape index (κ2) is 5.30. The Morgan fingerprint density at radius 1 is 1.22 bits per heavy atom. The van der Waals surface area contributed by atoms with Gasteiger partial charge in [0.2, 0.25) is 0 Å². The summed E-state index contributed by atoms with van der Waals surface area (Å²) in [5.74, 6) is 0.0470. The number of carbonyl (C=O) groups is 1. The fourth-order valence-corrected chi connectivity index (χ4v) is 2.79. The number of hydrogen-bond donors (Lipinski definition) is 0. The Morgan fingerprint density at radius 3 is 2.39 bits per heavy atom. The molecule has 0 aliphatic heterocycles. The smallest absolute Gasteiger partial charge is 0.132 e. The van der Waals surface area contributed by atoms with Crippen molar-refractivity contribution in [3.8, 4) is 6.07 Å². The summed E-state index contributed by atoms with van der Waals surface area (Å²) >= 11 is 0. The molecular formula is C15H16FNO. The van der Waals surface area contributed by atoms with Gasteiger partial charge >= 0.3 is 0 Å². The van der Waals surface area contributed by atoms with Gasteiger partial charge in [0, 0.05) is 19.3 Å². The lowest BCUT2D eigenvalue weighted by molar-refractivity contribution is -0.121. The Hall–Kier alpha value is -1.69. The van der Waals surface area contributed by atoms with Crippen LogP contribution in [0.3, 0.4) is 0 Å². The molecule has 94 valence electrons. The first-order chi connectivity index (χ1) is 8.66. The minimum Gasteiger partial charge on any atom is -0.300 e. The third-order valence-electron chi connectivity index (χ3n) is 3.94. The van der Waals surface area contributed by atoms with E-state index in [1.54, 1.807) is 12.1 Å². The maximum absolute atomic E-state index is 13.0. The number of nitriles is 1. The average molecular weight is 245 g/mol. The molecule has 2 nitrogen and oxygen atoms in total. The zero-order valence-electron chi connectivity index (χ0n) is 10.3. The Kier molecular flexibility index (Phi) is 3.76. The molecule has 1 aliphatic rings. The molecular weight excluding hydrogens is 229 g/mol. The summed E-state index contributed by atoms with van der Waals surface area (Å²) in [6.45, 7) is 0. The maximum Gasteiger partial charge on any atom is 0.132 e. The molecule has 0 unspecified atom stereocenters. The zero-order chi connectivity index (χ0) is 13.0. The van der Waals surface area contributed by atoms with Gasteiger partial charge in [0.25, 0.3) is 0 Å². The highest BCUT2D eigenvalue weighted by Gasteiger charge is 2.35. The number of halogens is 1. The van der Waals surface area contributed by atoms with Gasteiger partial charge in [0.1, 0.15) is 11.6 Å². The van der Waals surface area contributed by atoms with E-state index in [0.29, 0.717) is 25.0 Å². The Balaban J connectivity index is 2.27. The van der Waals surface area contributed by atoms with Crippen LogP contribution in [0.1, 0.15) is 44.1 Å². The lowest BCUT2D eigenvalue weighted by Gasteiger charge is -2.37. The first kappa shape index (κ1) is 12.8. The summed E-state index contributed by atoms with van der Waals surface area (Å²) in [6.07, 6.45) is 3.93. The van der Waals surface area contributed by atoms with E-state index in [4.69, 9.17) is 5.26 Å². The molecule has 2 rings (SSSR count). The summed E-state index contributed by atoms with van der Waals surface area (Å²) in [4.78, 5) is 11.4. The highest BCUT2D eigenvalue weighted by atomic mass is 19.1. The summed E-state index contributed by atoms with van der Waals surface area (Å²) in [5, 5.41) is 8.78. The molecule has 3 heteroatoms. The predicted molar refractivity (Wildman–Crippen MR) is 66.4 cm³/mol. The highest BCUT2D eigenvalue weighted by molar-refractivity contribution is 5.79. The van der Waals surface area contributed by atoms with Crippen molar-refractivity contribution >= 4 is 5.78 Å². The molecule has 0 heterocycles. The number of carbonyl (C=O) groups excluding carboxylic acids is 1. The number of rotatable bonds is 3. The molecule has 0 radical (unpaired) electrons. The molecule has 1 fully saturated rings. The van der Waals surface area contributed by atoms with Gasteiger partial charge in [-0.3, -0.25) is 4.79 Å². The standard InChI is InChI=1S/C15H16FNO/c16-13-4-2-12(3-5-13)15(8-1-11-17)9-6-14(18)7-10-15/h2-5H,1,6-10H2. The number of ketones is 1. The van der Waals surface area contributed by atoms with Gasteiger partial charge in [-0.1, -0.05) is 12.1 Å². The number of Topliss-reactive ketones (excluding diaryl/α,β-unsaturated/α-hetero) is 1. The topological polar surface area (TPSA) is 40.9 Å². The molecule has 18 heavy (non-hydrogen) atoms. The molecule has 0 spiro atoms. The van der Waals surface area contributed by atoms with E-state index in [-0.39, 0.29) is 11.2 Å². The highest BCUT2D eigenvalue weighted by Crippen LogP contribution is 2.41. The normalized spacial score (nSPS) is 18.3. The van der Waals surface area contributed by atoms with E-state index in [9.17, 15) is 9.18 Å². The summed E-state index contributed by atoms with van der Waals surface area (Å²) in [7, 11) is 0. The van der Waals surface area contributed by atoms with Crippen molar-refractivity contribution in [3.05, 3.63) is 35.6 Å². The van der Waals surface area contributed by atoms with Gasteiger partial charge in [-0.15, -0.1) is 0 Å². The Bertz CT molecular complexity index is 462. The van der Waals surface area contributed by atoms with Gasteiger partial charge in [0.15, 0.2) is 0 Å². The second-order valence-corrected chi connectivity index (χ2v) is 4.98. The van der Waals surface area contributed by atoms with Crippen LogP contribution in [0.5, 0.6) is 0 Å². The third kappa shape index (κ3) is 2.59. The van der Waals surface area contributed by atoms with Crippen molar-refractivity contribution in [3.63, 3.8) is 0 Å². The SMILES string of the molecule is N#CCCC1(c2ccc(F)cc2)CCC(=O)CC1. The van der Waals surface area contributed by atoms with Crippen LogP contribution in [-0.4, -0.2) is 5.78 Å². The van der Waals surface area contributed by atoms with Crippen LogP contribution in [0.4, 0.5) is 4.39 Å². The molecule has 1 saturated carbocycles. The lowest BCUT2D eigenvalue weighted by Crippen LogP contribution is -2.32. The molecule has 0 atom stereocenters. The fourth-order valence-electron chi connectivity index (χ4n) is 2.79. The predicted octanol–water partition coefficient (Wildman–Crippen LogP) is 3.51. The van der Waals surface area contributed by atoms with Crippen LogP contribution in [-0.2, 0) is 10.2 Å². The molecule has 0 N–H and O–H groups in total. The van der Waals surface area contributed by atoms with E-state index in [0.717, 1.165) is 24.8 Å². The summed E-state index contributed by atoms with van der Waals surface area (Å²) in [5.41, 5.74) is 0.948. The maximum atomic E-state index is 13.0. The summed E-state index contributed by atoms with van der Waals surface area (Å²) in [6, 6.07) is 8.68. The van der Waals surface area contributed by atoms with Gasteiger partial charge in [-0.05, 0) is 42.4 Å². The molecule has 0 aromatic heterocycles. The third-order valence-corrected chi connectivity index (χ3v) is 3.94. The van der Waals surface area contributed by atoms with Crippen molar-refractivity contribution in [1.82, 2.24) is 0 Å². The summed E-state index contributed by atoms with van der Waals surface area (Å²) < 4.78 is 13.0. The quantitative estimate of drug-likeness (QED) is 0.817. The van der Waals surface area contributed by atoms with E-state index in [2.05, 4.69) is 6.07 Å². The molecule has 0 bridgehead atoms. The number of nitrogens with zero attached hydrogens (tertiary/aromatic N) is 1. The minimum atomic E-state index is -0.249. The van der Waals surface area contributed by atoms with Crippen LogP contribution in [0.2, 0.25) is 0 Å². The number of hydrogen-bond acceptors (Lipinski definition) is 2. The zero-order valence-corrected chi connectivity index (χ0v) is 10.3. The first-order valence-corrected chi connectivity index (χ1v) is 6.31. The van der Waals surface area contributed by atoms with Gasteiger partial charge in [0.05, 0.1) is 6.07 Å². The largest absolute Gasteiger partial charge is 0.300 e. The van der Waals surface area contributed by atoms with Gasteiger partial charge < -0.3 is 0 Å². The van der Waals surface area contributed by atoms with Crippen LogP contribution in [0.25, 0.3) is 0 Å². The molecule has 1 aromatic carbocycles. The van der Waals surface area contributed by atoms with Gasteiger partial charge in [-0.25, -0.2) is 4.39 Å². The Morgan fingerprint density at radius 2 is 1.83 bits per heavy atom. The van der Waals surface area contributed by atoms with Crippen LogP contribution in [0.15, 0.2) is 24.3 Å². The van der Waals surface area contributed by atoms with Crippen LogP contribution < -0.4 is 0 Å². The minimum absolute atomic E-state index is 0.114. The second-order valence-electron chi connectivity index (χ2n) is 4.98. The van der Waals surface area contributed by atoms with Crippen molar-refractivity contribution in [2.45, 2.75) is 43.9 Å². The molecule has 1 aromatic rings. The van der Waals surface area contributed by atoms with E-state index in [1.165, 1.54) is 12.1 Å². The van der Waals surface area contributed by atoms with E-state index < -0.39 is 0 Å². The molecule has 0 saturated heterocycles. The number of benzene rings is 1. The molecule has 0 amide bonds. The monoisotopic (exact) mass is 245 g/mol. The average Bonchev–Trinajstić information content (AvgIpc) is 2.40. The van der Waals surface area contributed by atoms with E-state index >= 15 is 0 Å².